The summed E-state index contributed by atoms with van der Waals surface area (Å²) in [6.45, 7) is 1.78. The minimum Gasteiger partial charge on any atom is -0.467 e. The van der Waals surface area contributed by atoms with E-state index in [9.17, 15) is 9.59 Å². The van der Waals surface area contributed by atoms with Crippen LogP contribution in [0.15, 0.2) is 0 Å². The third-order valence-corrected chi connectivity index (χ3v) is 2.84. The van der Waals surface area contributed by atoms with Gasteiger partial charge in [0.25, 0.3) is 0 Å². The van der Waals surface area contributed by atoms with Crippen LogP contribution in [0.3, 0.4) is 0 Å². The average Bonchev–Trinajstić information content (AvgIpc) is 2.28. The number of piperazine rings is 1. The van der Waals surface area contributed by atoms with Gasteiger partial charge in [-0.25, -0.2) is 4.79 Å². The van der Waals surface area contributed by atoms with Crippen molar-refractivity contribution in [1.82, 2.24) is 10.2 Å². The minimum atomic E-state index is -0.469. The maximum Gasteiger partial charge on any atom is 0.329 e. The SMILES string of the molecule is COC(=O)[C@@H]1CNCCN1C(=O)CSC. The second-order valence-electron chi connectivity index (χ2n) is 3.26. The van der Waals surface area contributed by atoms with Crippen molar-refractivity contribution in [2.24, 2.45) is 0 Å². The zero-order valence-corrected chi connectivity index (χ0v) is 9.80. The first-order chi connectivity index (χ1) is 7.20. The molecule has 0 bridgehead atoms. The summed E-state index contributed by atoms with van der Waals surface area (Å²) in [4.78, 5) is 24.7. The van der Waals surface area contributed by atoms with E-state index in [0.717, 1.165) is 6.54 Å². The number of nitrogens with one attached hydrogen (secondary N) is 1. The first-order valence-corrected chi connectivity index (χ1v) is 6.17. The van der Waals surface area contributed by atoms with Crippen LogP contribution in [-0.4, -0.2) is 61.6 Å². The van der Waals surface area contributed by atoms with E-state index in [1.807, 2.05) is 6.26 Å². The molecule has 1 amide bonds. The monoisotopic (exact) mass is 232 g/mol. The fourth-order valence-electron chi connectivity index (χ4n) is 1.56. The number of thioether (sulfide) groups is 1. The van der Waals surface area contributed by atoms with Gasteiger partial charge in [-0.2, -0.15) is 11.8 Å². The van der Waals surface area contributed by atoms with E-state index >= 15 is 0 Å². The third-order valence-electron chi connectivity index (χ3n) is 2.30. The molecule has 0 aromatic heterocycles. The lowest BCUT2D eigenvalue weighted by Crippen LogP contribution is -2.57. The Hall–Kier alpha value is -0.750. The second kappa shape index (κ2) is 5.97. The lowest BCUT2D eigenvalue weighted by atomic mass is 10.2. The lowest BCUT2D eigenvalue weighted by molar-refractivity contribution is -0.152. The Morgan fingerprint density at radius 1 is 1.60 bits per heavy atom. The molecular weight excluding hydrogens is 216 g/mol. The zero-order chi connectivity index (χ0) is 11.3. The number of methoxy groups -OCH3 is 1. The number of carbonyl (C=O) groups excluding carboxylic acids is 2. The number of nitrogens with zero attached hydrogens (tertiary/aromatic N) is 1. The van der Waals surface area contributed by atoms with E-state index in [4.69, 9.17) is 0 Å². The molecule has 1 fully saturated rings. The van der Waals surface area contributed by atoms with Crippen molar-refractivity contribution in [3.05, 3.63) is 0 Å². The number of rotatable bonds is 3. The molecule has 15 heavy (non-hydrogen) atoms. The van der Waals surface area contributed by atoms with Crippen LogP contribution in [0.5, 0.6) is 0 Å². The molecule has 1 heterocycles. The third kappa shape index (κ3) is 3.10. The van der Waals surface area contributed by atoms with E-state index < -0.39 is 6.04 Å². The Morgan fingerprint density at radius 2 is 2.33 bits per heavy atom. The summed E-state index contributed by atoms with van der Waals surface area (Å²) >= 11 is 1.46. The Balaban J connectivity index is 2.65. The van der Waals surface area contributed by atoms with Crippen LogP contribution < -0.4 is 5.32 Å². The smallest absolute Gasteiger partial charge is 0.329 e. The summed E-state index contributed by atoms with van der Waals surface area (Å²) in [6, 6.07) is -0.469. The highest BCUT2D eigenvalue weighted by Gasteiger charge is 2.32. The van der Waals surface area contributed by atoms with Gasteiger partial charge in [-0.1, -0.05) is 0 Å². The predicted octanol–water partition coefficient (Wildman–Crippen LogP) is -0.677. The number of esters is 1. The van der Waals surface area contributed by atoms with E-state index in [1.54, 1.807) is 4.90 Å². The Morgan fingerprint density at radius 3 is 2.93 bits per heavy atom. The Labute approximate surface area is 93.5 Å². The largest absolute Gasteiger partial charge is 0.467 e. The first-order valence-electron chi connectivity index (χ1n) is 4.77. The van der Waals surface area contributed by atoms with Gasteiger partial charge < -0.3 is 15.0 Å². The molecule has 0 radical (unpaired) electrons. The van der Waals surface area contributed by atoms with Crippen molar-refractivity contribution in [1.29, 1.82) is 0 Å². The number of hydrogen-bond acceptors (Lipinski definition) is 5. The number of hydrogen-bond donors (Lipinski definition) is 1. The summed E-state index contributed by atoms with van der Waals surface area (Å²) in [6.07, 6.45) is 1.87. The summed E-state index contributed by atoms with van der Waals surface area (Å²) in [5.74, 6) is 0.0593. The fraction of sp³-hybridized carbons (Fsp3) is 0.778. The minimum absolute atomic E-state index is 0.000556. The van der Waals surface area contributed by atoms with Gasteiger partial charge in [0, 0.05) is 19.6 Å². The van der Waals surface area contributed by atoms with E-state index in [1.165, 1.54) is 18.9 Å². The molecule has 0 aromatic rings. The molecule has 86 valence electrons. The molecule has 1 atom stereocenters. The predicted molar refractivity (Wildman–Crippen MR) is 58.8 cm³/mol. The molecule has 0 saturated carbocycles. The van der Waals surface area contributed by atoms with Crippen molar-refractivity contribution in [3.8, 4) is 0 Å². The molecule has 1 N–H and O–H groups in total. The van der Waals surface area contributed by atoms with Gasteiger partial charge in [0.2, 0.25) is 5.91 Å². The Kier molecular flexibility index (Phi) is 4.90. The van der Waals surface area contributed by atoms with Crippen molar-refractivity contribution >= 4 is 23.6 Å². The number of ether oxygens (including phenoxy) is 1. The van der Waals surface area contributed by atoms with Crippen molar-refractivity contribution in [2.75, 3.05) is 38.8 Å². The molecule has 6 heteroatoms. The van der Waals surface area contributed by atoms with Gasteiger partial charge in [-0.3, -0.25) is 4.79 Å². The molecule has 5 nitrogen and oxygen atoms in total. The second-order valence-corrected chi connectivity index (χ2v) is 4.13. The van der Waals surface area contributed by atoms with Gasteiger partial charge in [-0.15, -0.1) is 0 Å². The van der Waals surface area contributed by atoms with E-state index in [2.05, 4.69) is 10.1 Å². The van der Waals surface area contributed by atoms with Crippen LogP contribution in [0.25, 0.3) is 0 Å². The molecule has 0 aliphatic carbocycles. The van der Waals surface area contributed by atoms with Gasteiger partial charge >= 0.3 is 5.97 Å². The molecule has 1 rings (SSSR count). The summed E-state index contributed by atoms with van der Waals surface area (Å²) < 4.78 is 4.67. The van der Waals surface area contributed by atoms with Crippen molar-refractivity contribution < 1.29 is 14.3 Å². The number of carbonyl (C=O) groups is 2. The highest BCUT2D eigenvalue weighted by Crippen LogP contribution is 2.08. The Bertz CT molecular complexity index is 248. The van der Waals surface area contributed by atoms with Gasteiger partial charge in [0.05, 0.1) is 12.9 Å². The van der Waals surface area contributed by atoms with Crippen LogP contribution in [0.2, 0.25) is 0 Å². The van der Waals surface area contributed by atoms with Crippen LogP contribution in [0.1, 0.15) is 0 Å². The van der Waals surface area contributed by atoms with Crippen molar-refractivity contribution in [3.63, 3.8) is 0 Å². The molecule has 1 saturated heterocycles. The van der Waals surface area contributed by atoms with Crippen LogP contribution in [-0.2, 0) is 14.3 Å². The first kappa shape index (κ1) is 12.3. The number of amides is 1. The average molecular weight is 232 g/mol. The highest BCUT2D eigenvalue weighted by atomic mass is 32.2. The maximum atomic E-state index is 11.7. The standard InChI is InChI=1S/C9H16N2O3S/c1-14-9(13)7-5-10-3-4-11(7)8(12)6-15-2/h7,10H,3-6H2,1-2H3/t7-/m0/s1. The highest BCUT2D eigenvalue weighted by molar-refractivity contribution is 7.99. The van der Waals surface area contributed by atoms with Crippen LogP contribution in [0.4, 0.5) is 0 Å². The van der Waals surface area contributed by atoms with Gasteiger partial charge in [-0.05, 0) is 6.26 Å². The topological polar surface area (TPSA) is 58.6 Å². The summed E-state index contributed by atoms with van der Waals surface area (Å²) in [5, 5.41) is 3.08. The normalized spacial score (nSPS) is 21.2. The zero-order valence-electron chi connectivity index (χ0n) is 8.99. The van der Waals surface area contributed by atoms with Crippen molar-refractivity contribution in [2.45, 2.75) is 6.04 Å². The fourth-order valence-corrected chi connectivity index (χ4v) is 1.97. The maximum absolute atomic E-state index is 11.7. The molecule has 1 aliphatic rings. The molecule has 0 spiro atoms. The summed E-state index contributed by atoms with van der Waals surface area (Å²) in [7, 11) is 1.34. The van der Waals surface area contributed by atoms with E-state index in [0.29, 0.717) is 18.8 Å². The molecule has 0 unspecified atom stereocenters. The van der Waals surface area contributed by atoms with Gasteiger partial charge in [0.15, 0.2) is 0 Å². The quantitative estimate of drug-likeness (QED) is 0.654. The molecular formula is C9H16N2O3S. The molecule has 1 aliphatic heterocycles. The lowest BCUT2D eigenvalue weighted by Gasteiger charge is -2.34. The van der Waals surface area contributed by atoms with Crippen LogP contribution in [0, 0.1) is 0 Å². The van der Waals surface area contributed by atoms with E-state index in [-0.39, 0.29) is 11.9 Å². The molecule has 0 aromatic carbocycles. The van der Waals surface area contributed by atoms with Gasteiger partial charge in [0.1, 0.15) is 6.04 Å². The summed E-state index contributed by atoms with van der Waals surface area (Å²) in [5.41, 5.74) is 0. The van der Waals surface area contributed by atoms with Crippen LogP contribution >= 0.6 is 11.8 Å².